The topological polar surface area (TPSA) is 151 Å². The molecule has 11 heteroatoms. The number of rotatable bonds is 9. The van der Waals surface area contributed by atoms with Crippen molar-refractivity contribution in [2.75, 3.05) is 34.6 Å². The van der Waals surface area contributed by atoms with E-state index in [1.165, 1.54) is 31.2 Å². The second-order valence-electron chi connectivity index (χ2n) is 9.26. The summed E-state index contributed by atoms with van der Waals surface area (Å²) >= 11 is 0. The van der Waals surface area contributed by atoms with Crippen LogP contribution in [0.4, 0.5) is 17.1 Å². The van der Waals surface area contributed by atoms with Crippen LogP contribution in [0.15, 0.2) is 71.6 Å². The van der Waals surface area contributed by atoms with Crippen molar-refractivity contribution in [1.82, 2.24) is 5.32 Å². The Bertz CT molecular complexity index is 1370. The van der Waals surface area contributed by atoms with Gasteiger partial charge in [-0.15, -0.1) is 0 Å². The number of nitrogens with zero attached hydrogens (tertiary/aromatic N) is 1. The predicted molar refractivity (Wildman–Crippen MR) is 146 cm³/mol. The van der Waals surface area contributed by atoms with Crippen molar-refractivity contribution in [3.8, 4) is 11.5 Å². The van der Waals surface area contributed by atoms with Gasteiger partial charge in [-0.2, -0.15) is 0 Å². The maximum Gasteiger partial charge on any atom is 0.261 e. The Kier molecular flexibility index (Phi) is 8.40. The summed E-state index contributed by atoms with van der Waals surface area (Å²) in [4.78, 5) is 13.4. The minimum Gasteiger partial charge on any atom is -0.504 e. The SMILES string of the molecule is CC(=O)Nc1ccc(S(=O)(=O)Nc2ccccc2N2CCC(NC[C@H](O)c3ccc(O)c(O)c3)CC2)cc1. The molecule has 0 aliphatic carbocycles. The van der Waals surface area contributed by atoms with Crippen LogP contribution in [-0.4, -0.2) is 55.3 Å². The number of piperidine rings is 1. The first kappa shape index (κ1) is 27.2. The van der Waals surface area contributed by atoms with E-state index in [0.29, 0.717) is 36.6 Å². The average Bonchev–Trinajstić information content (AvgIpc) is 2.89. The number of carbonyl (C=O) groups excluding carboxylic acids is 1. The lowest BCUT2D eigenvalue weighted by molar-refractivity contribution is -0.114. The Hall–Kier alpha value is -3.80. The second kappa shape index (κ2) is 11.7. The Morgan fingerprint density at radius 1 is 1.00 bits per heavy atom. The fourth-order valence-corrected chi connectivity index (χ4v) is 5.50. The number of aliphatic hydroxyl groups is 1. The molecule has 1 atom stereocenters. The molecule has 3 aromatic carbocycles. The number of phenols is 2. The smallest absolute Gasteiger partial charge is 0.261 e. The highest BCUT2D eigenvalue weighted by atomic mass is 32.2. The van der Waals surface area contributed by atoms with Gasteiger partial charge in [0.25, 0.3) is 10.0 Å². The first-order valence-electron chi connectivity index (χ1n) is 12.3. The molecule has 0 unspecified atom stereocenters. The number of hydrogen-bond donors (Lipinski definition) is 6. The molecule has 1 heterocycles. The van der Waals surface area contributed by atoms with Crippen molar-refractivity contribution in [3.63, 3.8) is 0 Å². The standard InChI is InChI=1S/C27H32N4O6S/c1-18(32)29-21-7-9-22(10-8-21)38(36,37)30-23-4-2-3-5-24(23)31-14-12-20(13-15-31)28-17-27(35)19-6-11-25(33)26(34)16-19/h2-11,16,20,27-28,30,33-35H,12-15,17H2,1H3,(H,29,32)/t27-/m0/s1. The summed E-state index contributed by atoms with van der Waals surface area (Å²) in [6, 6.07) is 17.7. The van der Waals surface area contributed by atoms with E-state index in [-0.39, 0.29) is 28.3 Å². The van der Waals surface area contributed by atoms with Crippen molar-refractivity contribution in [2.45, 2.75) is 36.8 Å². The quantitative estimate of drug-likeness (QED) is 0.227. The van der Waals surface area contributed by atoms with E-state index in [2.05, 4.69) is 20.3 Å². The second-order valence-corrected chi connectivity index (χ2v) is 10.9. The molecular weight excluding hydrogens is 508 g/mol. The maximum atomic E-state index is 13.0. The molecule has 10 nitrogen and oxygen atoms in total. The van der Waals surface area contributed by atoms with Crippen molar-refractivity contribution in [2.24, 2.45) is 0 Å². The monoisotopic (exact) mass is 540 g/mol. The summed E-state index contributed by atoms with van der Waals surface area (Å²) < 4.78 is 28.8. The Balaban J connectivity index is 1.35. The molecule has 1 amide bonds. The zero-order valence-corrected chi connectivity index (χ0v) is 21.8. The van der Waals surface area contributed by atoms with Crippen molar-refractivity contribution < 1.29 is 28.5 Å². The van der Waals surface area contributed by atoms with Gasteiger partial charge in [0.15, 0.2) is 11.5 Å². The van der Waals surface area contributed by atoms with Gasteiger partial charge in [-0.05, 0) is 66.9 Å². The van der Waals surface area contributed by atoms with Crippen LogP contribution >= 0.6 is 0 Å². The maximum absolute atomic E-state index is 13.0. The molecule has 1 aliphatic heterocycles. The normalized spacial score (nSPS) is 15.2. The molecule has 1 aliphatic rings. The highest BCUT2D eigenvalue weighted by Crippen LogP contribution is 2.31. The van der Waals surface area contributed by atoms with Crippen LogP contribution in [0, 0.1) is 0 Å². The minimum absolute atomic E-state index is 0.0878. The summed E-state index contributed by atoms with van der Waals surface area (Å²) in [7, 11) is -3.84. The van der Waals surface area contributed by atoms with E-state index >= 15 is 0 Å². The zero-order chi connectivity index (χ0) is 27.3. The van der Waals surface area contributed by atoms with E-state index < -0.39 is 16.1 Å². The van der Waals surface area contributed by atoms with Gasteiger partial charge in [-0.3, -0.25) is 9.52 Å². The summed E-state index contributed by atoms with van der Waals surface area (Å²) in [6.07, 6.45) is 0.750. The summed E-state index contributed by atoms with van der Waals surface area (Å²) in [5.74, 6) is -0.740. The number of benzene rings is 3. The third kappa shape index (κ3) is 6.74. The first-order chi connectivity index (χ1) is 18.1. The predicted octanol–water partition coefficient (Wildman–Crippen LogP) is 3.15. The fraction of sp³-hybridized carbons (Fsp3) is 0.296. The number of nitrogens with one attached hydrogen (secondary N) is 3. The molecule has 3 aromatic rings. The van der Waals surface area contributed by atoms with Gasteiger partial charge in [0.05, 0.1) is 22.4 Å². The van der Waals surface area contributed by atoms with Crippen LogP contribution < -0.4 is 20.3 Å². The fourth-order valence-electron chi connectivity index (χ4n) is 4.43. The number of amides is 1. The van der Waals surface area contributed by atoms with Gasteiger partial charge in [0.1, 0.15) is 0 Å². The third-order valence-electron chi connectivity index (χ3n) is 6.45. The Morgan fingerprint density at radius 2 is 1.68 bits per heavy atom. The van der Waals surface area contributed by atoms with E-state index in [1.54, 1.807) is 30.3 Å². The molecule has 1 fully saturated rings. The van der Waals surface area contributed by atoms with Crippen LogP contribution in [0.1, 0.15) is 31.4 Å². The molecule has 0 bridgehead atoms. The van der Waals surface area contributed by atoms with Gasteiger partial charge in [0, 0.05) is 38.3 Å². The van der Waals surface area contributed by atoms with Gasteiger partial charge < -0.3 is 30.9 Å². The van der Waals surface area contributed by atoms with Crippen LogP contribution in [0.5, 0.6) is 11.5 Å². The molecule has 202 valence electrons. The highest BCUT2D eigenvalue weighted by molar-refractivity contribution is 7.92. The third-order valence-corrected chi connectivity index (χ3v) is 7.83. The average molecular weight is 541 g/mol. The zero-order valence-electron chi connectivity index (χ0n) is 21.0. The van der Waals surface area contributed by atoms with E-state index in [9.17, 15) is 28.5 Å². The Morgan fingerprint density at radius 3 is 2.34 bits per heavy atom. The lowest BCUT2D eigenvalue weighted by atomic mass is 10.0. The summed E-state index contributed by atoms with van der Waals surface area (Å²) in [6.45, 7) is 3.07. The summed E-state index contributed by atoms with van der Waals surface area (Å²) in [5.41, 5.74) is 2.29. The van der Waals surface area contributed by atoms with E-state index in [0.717, 1.165) is 18.5 Å². The van der Waals surface area contributed by atoms with Gasteiger partial charge >= 0.3 is 0 Å². The van der Waals surface area contributed by atoms with Gasteiger partial charge in [0.2, 0.25) is 5.91 Å². The number of anilines is 3. The Labute approximate surface area is 222 Å². The minimum atomic E-state index is -3.84. The molecule has 0 saturated carbocycles. The van der Waals surface area contributed by atoms with Crippen molar-refractivity contribution >= 4 is 33.0 Å². The van der Waals surface area contributed by atoms with Crippen molar-refractivity contribution in [3.05, 3.63) is 72.3 Å². The number of phenolic OH excluding ortho intramolecular Hbond substituents is 2. The number of aliphatic hydroxyl groups excluding tert-OH is 1. The first-order valence-corrected chi connectivity index (χ1v) is 13.8. The largest absolute Gasteiger partial charge is 0.504 e. The lowest BCUT2D eigenvalue weighted by Gasteiger charge is -2.35. The highest BCUT2D eigenvalue weighted by Gasteiger charge is 2.23. The molecule has 0 radical (unpaired) electrons. The van der Waals surface area contributed by atoms with Crippen LogP contribution in [-0.2, 0) is 14.8 Å². The molecule has 0 aromatic heterocycles. The molecule has 4 rings (SSSR count). The number of para-hydroxylation sites is 2. The number of carbonyl (C=O) groups is 1. The number of sulfonamides is 1. The van der Waals surface area contributed by atoms with Crippen LogP contribution in [0.3, 0.4) is 0 Å². The van der Waals surface area contributed by atoms with E-state index in [1.807, 2.05) is 12.1 Å². The number of aromatic hydroxyl groups is 2. The lowest BCUT2D eigenvalue weighted by Crippen LogP contribution is -2.43. The van der Waals surface area contributed by atoms with E-state index in [4.69, 9.17) is 0 Å². The van der Waals surface area contributed by atoms with Crippen molar-refractivity contribution in [1.29, 1.82) is 0 Å². The molecular formula is C27H32N4O6S. The van der Waals surface area contributed by atoms with Crippen LogP contribution in [0.2, 0.25) is 0 Å². The molecule has 0 spiro atoms. The molecule has 1 saturated heterocycles. The number of hydrogen-bond acceptors (Lipinski definition) is 8. The van der Waals surface area contributed by atoms with Gasteiger partial charge in [-0.25, -0.2) is 8.42 Å². The van der Waals surface area contributed by atoms with Gasteiger partial charge in [-0.1, -0.05) is 18.2 Å². The van der Waals surface area contributed by atoms with Crippen LogP contribution in [0.25, 0.3) is 0 Å². The summed E-state index contributed by atoms with van der Waals surface area (Å²) in [5, 5.41) is 35.5. The molecule has 38 heavy (non-hydrogen) atoms. The molecule has 6 N–H and O–H groups in total.